The zero-order valence-electron chi connectivity index (χ0n) is 26.5. The molecule has 0 saturated carbocycles. The first-order chi connectivity index (χ1) is 24.3. The van der Waals surface area contributed by atoms with Crippen LogP contribution in [0.5, 0.6) is 0 Å². The molecule has 0 fully saturated rings. The molecule has 8 aromatic rings. The van der Waals surface area contributed by atoms with Gasteiger partial charge in [0.1, 0.15) is 0 Å². The molecular weight excluding hydrogens is 599 g/mol. The summed E-state index contributed by atoms with van der Waals surface area (Å²) in [6, 6.07) is 56.1. The van der Waals surface area contributed by atoms with E-state index in [4.69, 9.17) is 19.9 Å². The SMILES string of the molecule is C1=Cc2ccccc2N(c2ccc(-c3nc4nc(-c5ccccc5)c(-c5ccccc5)nc4nc3-c3ccccc3)cc2)c2ccccc21. The molecule has 6 aromatic carbocycles. The van der Waals surface area contributed by atoms with Crippen molar-refractivity contribution in [2.24, 2.45) is 0 Å². The Morgan fingerprint density at radius 2 is 0.633 bits per heavy atom. The molecule has 0 spiro atoms. The molecule has 9 rings (SSSR count). The van der Waals surface area contributed by atoms with Gasteiger partial charge < -0.3 is 4.90 Å². The van der Waals surface area contributed by atoms with Gasteiger partial charge in [-0.1, -0.05) is 152 Å². The van der Waals surface area contributed by atoms with Crippen molar-refractivity contribution in [1.82, 2.24) is 19.9 Å². The Balaban J connectivity index is 1.22. The maximum atomic E-state index is 5.21. The molecule has 0 saturated heterocycles. The average molecular weight is 628 g/mol. The Kier molecular flexibility index (Phi) is 7.06. The van der Waals surface area contributed by atoms with E-state index < -0.39 is 0 Å². The Morgan fingerprint density at radius 3 is 1.02 bits per heavy atom. The number of anilines is 3. The van der Waals surface area contributed by atoms with Gasteiger partial charge in [-0.25, -0.2) is 19.9 Å². The van der Waals surface area contributed by atoms with Gasteiger partial charge in [-0.2, -0.15) is 0 Å². The highest BCUT2D eigenvalue weighted by molar-refractivity contribution is 5.94. The molecule has 5 heteroatoms. The van der Waals surface area contributed by atoms with Crippen molar-refractivity contribution in [3.05, 3.63) is 175 Å². The van der Waals surface area contributed by atoms with Crippen LogP contribution in [-0.4, -0.2) is 19.9 Å². The molecule has 5 nitrogen and oxygen atoms in total. The number of rotatable bonds is 5. The number of benzene rings is 6. The summed E-state index contributed by atoms with van der Waals surface area (Å²) in [5.74, 6) is 0. The average Bonchev–Trinajstić information content (AvgIpc) is 3.35. The molecule has 0 atom stereocenters. The molecule has 1 aliphatic rings. The lowest BCUT2D eigenvalue weighted by Crippen LogP contribution is -2.11. The van der Waals surface area contributed by atoms with E-state index >= 15 is 0 Å². The molecule has 0 N–H and O–H groups in total. The zero-order chi connectivity index (χ0) is 32.6. The molecule has 3 heterocycles. The van der Waals surface area contributed by atoms with Crippen molar-refractivity contribution in [3.8, 4) is 45.0 Å². The number of nitrogens with zero attached hydrogens (tertiary/aromatic N) is 5. The van der Waals surface area contributed by atoms with Gasteiger partial charge in [0.25, 0.3) is 0 Å². The molecule has 0 unspecified atom stereocenters. The van der Waals surface area contributed by atoms with Gasteiger partial charge in [0.2, 0.25) is 0 Å². The molecule has 49 heavy (non-hydrogen) atoms. The minimum absolute atomic E-state index is 0.499. The highest BCUT2D eigenvalue weighted by atomic mass is 15.1. The predicted octanol–water partition coefficient (Wildman–Crippen LogP) is 11.0. The van der Waals surface area contributed by atoms with E-state index in [1.54, 1.807) is 0 Å². The normalized spacial score (nSPS) is 12.0. The van der Waals surface area contributed by atoms with Crippen LogP contribution in [-0.2, 0) is 0 Å². The van der Waals surface area contributed by atoms with Gasteiger partial charge in [-0.15, -0.1) is 0 Å². The summed E-state index contributed by atoms with van der Waals surface area (Å²) < 4.78 is 0. The monoisotopic (exact) mass is 627 g/mol. The maximum Gasteiger partial charge on any atom is 0.199 e. The smallest absolute Gasteiger partial charge is 0.199 e. The molecular formula is C44H29N5. The standard InChI is InChI=1S/C44H29N5/c1-4-16-32(17-5-1)39-40(33-18-6-2-7-19-33)46-44-43(45-39)47-41(34-20-8-3-9-21-34)42(48-44)35-26-28-36(29-27-35)49-37-22-12-10-14-30(37)24-25-31-15-11-13-23-38(31)49/h1-29H. The molecule has 0 aliphatic carbocycles. The largest absolute Gasteiger partial charge is 0.309 e. The van der Waals surface area contributed by atoms with E-state index in [1.165, 1.54) is 0 Å². The molecule has 0 radical (unpaired) electrons. The van der Waals surface area contributed by atoms with Crippen molar-refractivity contribution in [2.75, 3.05) is 4.90 Å². The molecule has 0 amide bonds. The van der Waals surface area contributed by atoms with Gasteiger partial charge in [0.15, 0.2) is 11.3 Å². The summed E-state index contributed by atoms with van der Waals surface area (Å²) in [7, 11) is 0. The molecule has 0 bridgehead atoms. The fourth-order valence-electron chi connectivity index (χ4n) is 6.50. The Labute approximate surface area is 284 Å². The second kappa shape index (κ2) is 12.1. The summed E-state index contributed by atoms with van der Waals surface area (Å²) in [5, 5.41) is 0. The topological polar surface area (TPSA) is 54.8 Å². The van der Waals surface area contributed by atoms with Crippen LogP contribution < -0.4 is 4.90 Å². The number of aromatic nitrogens is 4. The number of hydrogen-bond donors (Lipinski definition) is 0. The van der Waals surface area contributed by atoms with Crippen LogP contribution in [0.1, 0.15) is 11.1 Å². The van der Waals surface area contributed by atoms with Crippen LogP contribution in [0.25, 0.3) is 68.5 Å². The van der Waals surface area contributed by atoms with E-state index in [0.29, 0.717) is 11.3 Å². The third kappa shape index (κ3) is 5.24. The van der Waals surface area contributed by atoms with Crippen LogP contribution in [0.2, 0.25) is 0 Å². The van der Waals surface area contributed by atoms with Gasteiger partial charge in [-0.3, -0.25) is 0 Å². The summed E-state index contributed by atoms with van der Waals surface area (Å²) in [6.45, 7) is 0. The van der Waals surface area contributed by atoms with Crippen LogP contribution in [0.15, 0.2) is 164 Å². The second-order valence-corrected chi connectivity index (χ2v) is 11.9. The van der Waals surface area contributed by atoms with Crippen LogP contribution in [0.3, 0.4) is 0 Å². The van der Waals surface area contributed by atoms with Gasteiger partial charge in [0, 0.05) is 27.9 Å². The van der Waals surface area contributed by atoms with Crippen molar-refractivity contribution >= 4 is 40.5 Å². The molecule has 230 valence electrons. The predicted molar refractivity (Wildman–Crippen MR) is 200 cm³/mol. The fourth-order valence-corrected chi connectivity index (χ4v) is 6.50. The second-order valence-electron chi connectivity index (χ2n) is 11.9. The van der Waals surface area contributed by atoms with Crippen LogP contribution in [0.4, 0.5) is 17.1 Å². The Morgan fingerprint density at radius 1 is 0.306 bits per heavy atom. The van der Waals surface area contributed by atoms with Crippen molar-refractivity contribution < 1.29 is 0 Å². The highest BCUT2D eigenvalue weighted by Gasteiger charge is 2.22. The van der Waals surface area contributed by atoms with Crippen LogP contribution in [0, 0.1) is 0 Å². The van der Waals surface area contributed by atoms with Crippen LogP contribution >= 0.6 is 0 Å². The van der Waals surface area contributed by atoms with Gasteiger partial charge in [-0.05, 0) is 35.4 Å². The van der Waals surface area contributed by atoms with Crippen molar-refractivity contribution in [2.45, 2.75) is 0 Å². The minimum Gasteiger partial charge on any atom is -0.309 e. The number of fused-ring (bicyclic) bond motifs is 3. The third-order valence-corrected chi connectivity index (χ3v) is 8.86. The van der Waals surface area contributed by atoms with Gasteiger partial charge >= 0.3 is 0 Å². The van der Waals surface area contributed by atoms with E-state index in [1.807, 2.05) is 54.6 Å². The van der Waals surface area contributed by atoms with Crippen molar-refractivity contribution in [1.29, 1.82) is 0 Å². The minimum atomic E-state index is 0.499. The van der Waals surface area contributed by atoms with E-state index in [0.717, 1.165) is 73.2 Å². The van der Waals surface area contributed by atoms with E-state index in [9.17, 15) is 0 Å². The van der Waals surface area contributed by atoms with E-state index in [2.05, 4.69) is 126 Å². The first-order valence-electron chi connectivity index (χ1n) is 16.3. The molecule has 2 aromatic heterocycles. The summed E-state index contributed by atoms with van der Waals surface area (Å²) in [6.07, 6.45) is 4.38. The van der Waals surface area contributed by atoms with E-state index in [-0.39, 0.29) is 0 Å². The lowest BCUT2D eigenvalue weighted by Gasteiger charge is -2.27. The van der Waals surface area contributed by atoms with Gasteiger partial charge in [0.05, 0.1) is 34.2 Å². The first-order valence-corrected chi connectivity index (χ1v) is 16.3. The molecule has 1 aliphatic heterocycles. The zero-order valence-corrected chi connectivity index (χ0v) is 26.5. The summed E-state index contributed by atoms with van der Waals surface area (Å²) in [5.41, 5.74) is 13.6. The maximum absolute atomic E-state index is 5.21. The Hall–Kier alpha value is -6.72. The quantitative estimate of drug-likeness (QED) is 0.190. The lowest BCUT2D eigenvalue weighted by atomic mass is 10.0. The lowest BCUT2D eigenvalue weighted by molar-refractivity contribution is 1.17. The number of para-hydroxylation sites is 2. The number of hydrogen-bond acceptors (Lipinski definition) is 5. The fraction of sp³-hybridized carbons (Fsp3) is 0. The summed E-state index contributed by atoms with van der Waals surface area (Å²) >= 11 is 0. The highest BCUT2D eigenvalue weighted by Crippen LogP contribution is 2.42. The Bertz CT molecular complexity index is 2430. The first kappa shape index (κ1) is 28.5. The van der Waals surface area contributed by atoms with Crippen molar-refractivity contribution in [3.63, 3.8) is 0 Å². The summed E-state index contributed by atoms with van der Waals surface area (Å²) in [4.78, 5) is 23.0. The third-order valence-electron chi connectivity index (χ3n) is 8.86.